The van der Waals surface area contributed by atoms with Crippen molar-refractivity contribution in [3.63, 3.8) is 0 Å². The van der Waals surface area contributed by atoms with Gasteiger partial charge in [0.25, 0.3) is 0 Å². The Labute approximate surface area is 83.9 Å². The lowest BCUT2D eigenvalue weighted by atomic mass is 9.91. The fraction of sp³-hybridized carbons (Fsp3) is 0.600. The molecule has 0 bridgehead atoms. The fourth-order valence-corrected chi connectivity index (χ4v) is 1.88. The summed E-state index contributed by atoms with van der Waals surface area (Å²) in [6.07, 6.45) is 8.20. The first-order chi connectivity index (χ1) is 6.86. The van der Waals surface area contributed by atoms with E-state index in [0.717, 1.165) is 12.8 Å². The molecule has 0 saturated heterocycles. The third-order valence-electron chi connectivity index (χ3n) is 2.70. The fourth-order valence-electron chi connectivity index (χ4n) is 1.88. The average molecular weight is 192 g/mol. The van der Waals surface area contributed by atoms with Gasteiger partial charge in [-0.1, -0.05) is 12.8 Å². The van der Waals surface area contributed by atoms with Crippen LogP contribution in [0, 0.1) is 0 Å². The molecule has 0 aliphatic heterocycles. The van der Waals surface area contributed by atoms with E-state index in [-0.39, 0.29) is 6.04 Å². The van der Waals surface area contributed by atoms with Gasteiger partial charge in [0.1, 0.15) is 0 Å². The van der Waals surface area contributed by atoms with Crippen LogP contribution in [0.4, 0.5) is 5.95 Å². The van der Waals surface area contributed by atoms with Crippen molar-refractivity contribution in [3.8, 4) is 0 Å². The van der Waals surface area contributed by atoms with E-state index in [1.165, 1.54) is 12.8 Å². The lowest BCUT2D eigenvalue weighted by molar-refractivity contribution is 0.402. The Bertz CT molecular complexity index is 275. The van der Waals surface area contributed by atoms with E-state index in [0.29, 0.717) is 12.0 Å². The highest BCUT2D eigenvalue weighted by Gasteiger charge is 2.21. The minimum absolute atomic E-state index is 0.243. The van der Waals surface area contributed by atoms with Crippen LogP contribution in [0.25, 0.3) is 0 Å². The molecule has 76 valence electrons. The number of nitrogens with two attached hydrogens (primary N) is 1. The molecule has 1 aromatic heterocycles. The van der Waals surface area contributed by atoms with Gasteiger partial charge in [-0.2, -0.15) is 0 Å². The maximum absolute atomic E-state index is 6.01. The first-order valence-electron chi connectivity index (χ1n) is 5.15. The van der Waals surface area contributed by atoms with Crippen molar-refractivity contribution in [1.29, 1.82) is 0 Å². The Kier molecular flexibility index (Phi) is 2.93. The zero-order valence-corrected chi connectivity index (χ0v) is 8.19. The van der Waals surface area contributed by atoms with Crippen molar-refractivity contribution >= 4 is 5.95 Å². The van der Waals surface area contributed by atoms with Crippen LogP contribution in [-0.4, -0.2) is 22.1 Å². The first-order valence-corrected chi connectivity index (χ1v) is 5.15. The highest BCUT2D eigenvalue weighted by molar-refractivity contribution is 5.25. The van der Waals surface area contributed by atoms with Crippen LogP contribution in [0.5, 0.6) is 0 Å². The van der Waals surface area contributed by atoms with Gasteiger partial charge in [0.2, 0.25) is 5.95 Å². The summed E-state index contributed by atoms with van der Waals surface area (Å²) in [4.78, 5) is 8.26. The maximum Gasteiger partial charge on any atom is 0.222 e. The number of aromatic nitrogens is 2. The lowest BCUT2D eigenvalue weighted by Crippen LogP contribution is -2.42. The van der Waals surface area contributed by atoms with Gasteiger partial charge >= 0.3 is 0 Å². The summed E-state index contributed by atoms with van der Waals surface area (Å²) < 4.78 is 0. The van der Waals surface area contributed by atoms with Gasteiger partial charge in [-0.3, -0.25) is 0 Å². The van der Waals surface area contributed by atoms with Crippen LogP contribution in [0.2, 0.25) is 0 Å². The van der Waals surface area contributed by atoms with Gasteiger partial charge in [-0.25, -0.2) is 9.97 Å². The maximum atomic E-state index is 6.01. The SMILES string of the molecule is N[C@@H]1CCCC[C@H]1Nc1ncccn1. The summed E-state index contributed by atoms with van der Waals surface area (Å²) in [6.45, 7) is 0. The molecule has 14 heavy (non-hydrogen) atoms. The van der Waals surface area contributed by atoms with Gasteiger partial charge in [0, 0.05) is 24.5 Å². The molecule has 0 amide bonds. The van der Waals surface area contributed by atoms with Crippen LogP contribution >= 0.6 is 0 Å². The molecule has 0 spiro atoms. The minimum atomic E-state index is 0.243. The predicted octanol–water partition coefficient (Wildman–Crippen LogP) is 1.16. The second-order valence-corrected chi connectivity index (χ2v) is 3.77. The molecule has 0 radical (unpaired) electrons. The first kappa shape index (κ1) is 9.40. The molecule has 4 nitrogen and oxygen atoms in total. The summed E-state index contributed by atoms with van der Waals surface area (Å²) in [6, 6.07) is 2.39. The topological polar surface area (TPSA) is 63.8 Å². The zero-order valence-electron chi connectivity index (χ0n) is 8.19. The number of nitrogens with zero attached hydrogens (tertiary/aromatic N) is 2. The van der Waals surface area contributed by atoms with E-state index in [1.807, 2.05) is 6.07 Å². The Morgan fingerprint density at radius 2 is 1.93 bits per heavy atom. The standard InChI is InChI=1S/C10H16N4/c11-8-4-1-2-5-9(8)14-10-12-6-3-7-13-10/h3,6-9H,1-2,4-5,11H2,(H,12,13,14)/t8-,9-/m1/s1. The molecule has 1 fully saturated rings. The molecule has 1 aliphatic carbocycles. The van der Waals surface area contributed by atoms with E-state index in [1.54, 1.807) is 12.4 Å². The Morgan fingerprint density at radius 1 is 1.21 bits per heavy atom. The molecule has 1 saturated carbocycles. The van der Waals surface area contributed by atoms with E-state index in [4.69, 9.17) is 5.73 Å². The van der Waals surface area contributed by atoms with Gasteiger partial charge in [-0.15, -0.1) is 0 Å². The van der Waals surface area contributed by atoms with Crippen LogP contribution in [0.3, 0.4) is 0 Å². The Hall–Kier alpha value is -1.16. The predicted molar refractivity (Wildman–Crippen MR) is 55.9 cm³/mol. The summed E-state index contributed by atoms with van der Waals surface area (Å²) in [5.41, 5.74) is 6.01. The second-order valence-electron chi connectivity index (χ2n) is 3.77. The van der Waals surface area contributed by atoms with Crippen molar-refractivity contribution in [2.24, 2.45) is 5.73 Å². The molecule has 4 heteroatoms. The van der Waals surface area contributed by atoms with Crippen molar-refractivity contribution in [3.05, 3.63) is 18.5 Å². The van der Waals surface area contributed by atoms with E-state index in [9.17, 15) is 0 Å². The number of hydrogen-bond donors (Lipinski definition) is 2. The van der Waals surface area contributed by atoms with Crippen LogP contribution in [0.15, 0.2) is 18.5 Å². The molecule has 3 N–H and O–H groups in total. The van der Waals surface area contributed by atoms with Gasteiger partial charge in [-0.05, 0) is 18.9 Å². The molecule has 1 aliphatic rings. The smallest absolute Gasteiger partial charge is 0.222 e. The lowest BCUT2D eigenvalue weighted by Gasteiger charge is -2.29. The largest absolute Gasteiger partial charge is 0.350 e. The minimum Gasteiger partial charge on any atom is -0.350 e. The van der Waals surface area contributed by atoms with Crippen molar-refractivity contribution < 1.29 is 0 Å². The third-order valence-corrected chi connectivity index (χ3v) is 2.70. The normalized spacial score (nSPS) is 27.2. The zero-order chi connectivity index (χ0) is 9.80. The highest BCUT2D eigenvalue weighted by Crippen LogP contribution is 2.19. The van der Waals surface area contributed by atoms with Gasteiger partial charge < -0.3 is 11.1 Å². The number of hydrogen-bond acceptors (Lipinski definition) is 4. The summed E-state index contributed by atoms with van der Waals surface area (Å²) in [7, 11) is 0. The molecule has 0 aromatic carbocycles. The highest BCUT2D eigenvalue weighted by atomic mass is 15.1. The number of anilines is 1. The molecular weight excluding hydrogens is 176 g/mol. The molecule has 2 atom stereocenters. The quantitative estimate of drug-likeness (QED) is 0.738. The molecular formula is C10H16N4. The molecule has 1 aromatic rings. The van der Waals surface area contributed by atoms with E-state index in [2.05, 4.69) is 15.3 Å². The Morgan fingerprint density at radius 3 is 2.64 bits per heavy atom. The average Bonchev–Trinajstić information content (AvgIpc) is 2.23. The number of rotatable bonds is 2. The van der Waals surface area contributed by atoms with Gasteiger partial charge in [0.05, 0.1) is 0 Å². The van der Waals surface area contributed by atoms with Crippen LogP contribution in [-0.2, 0) is 0 Å². The Balaban J connectivity index is 1.96. The summed E-state index contributed by atoms with van der Waals surface area (Å²) in [5.74, 6) is 0.690. The molecule has 0 unspecified atom stereocenters. The van der Waals surface area contributed by atoms with E-state index < -0.39 is 0 Å². The molecule has 2 rings (SSSR count). The van der Waals surface area contributed by atoms with Crippen molar-refractivity contribution in [2.75, 3.05) is 5.32 Å². The monoisotopic (exact) mass is 192 g/mol. The van der Waals surface area contributed by atoms with Gasteiger partial charge in [0.15, 0.2) is 0 Å². The summed E-state index contributed by atoms with van der Waals surface area (Å²) >= 11 is 0. The third kappa shape index (κ3) is 2.20. The molecule has 1 heterocycles. The van der Waals surface area contributed by atoms with Crippen molar-refractivity contribution in [2.45, 2.75) is 37.8 Å². The van der Waals surface area contributed by atoms with Crippen molar-refractivity contribution in [1.82, 2.24) is 9.97 Å². The second kappa shape index (κ2) is 4.37. The number of nitrogens with one attached hydrogen (secondary N) is 1. The van der Waals surface area contributed by atoms with E-state index >= 15 is 0 Å². The van der Waals surface area contributed by atoms with Crippen LogP contribution < -0.4 is 11.1 Å². The van der Waals surface area contributed by atoms with Crippen LogP contribution in [0.1, 0.15) is 25.7 Å². The summed E-state index contributed by atoms with van der Waals surface area (Å²) in [5, 5.41) is 3.28.